The van der Waals surface area contributed by atoms with Gasteiger partial charge >= 0.3 is 0 Å². The molecule has 0 bridgehead atoms. The monoisotopic (exact) mass is 188 g/mol. The Bertz CT molecular complexity index is 505. The van der Waals surface area contributed by atoms with Crippen LogP contribution in [0.4, 0.5) is 0 Å². The van der Waals surface area contributed by atoms with E-state index in [9.17, 15) is 9.90 Å². The number of phenols is 1. The van der Waals surface area contributed by atoms with Crippen LogP contribution in [0.5, 0.6) is 5.75 Å². The molecule has 1 heterocycles. The quantitative estimate of drug-likeness (QED) is 0.705. The Kier molecular flexibility index (Phi) is 2.02. The Balaban J connectivity index is 2.67. The minimum Gasteiger partial charge on any atom is -0.507 e. The zero-order valence-corrected chi connectivity index (χ0v) is 7.27. The van der Waals surface area contributed by atoms with Gasteiger partial charge in [-0.15, -0.1) is 0 Å². The predicted molar refractivity (Wildman–Crippen MR) is 52.0 cm³/mol. The van der Waals surface area contributed by atoms with Crippen LogP contribution in [0.1, 0.15) is 0 Å². The maximum Gasteiger partial charge on any atom is 0.258 e. The summed E-state index contributed by atoms with van der Waals surface area (Å²) in [6, 6.07) is 6.65. The number of hydrogen-bond donors (Lipinski definition) is 2. The standard InChI is InChI=1S/C10H8N2O2/c13-9-4-2-1-3-7(9)8-5-11-6-12-10(8)14/h1-6,13H,(H,11,12,14). The number of benzene rings is 1. The van der Waals surface area contributed by atoms with Gasteiger partial charge < -0.3 is 10.1 Å². The van der Waals surface area contributed by atoms with Gasteiger partial charge in [0.25, 0.3) is 5.56 Å². The van der Waals surface area contributed by atoms with Crippen molar-refractivity contribution in [2.24, 2.45) is 0 Å². The molecule has 0 unspecified atom stereocenters. The van der Waals surface area contributed by atoms with E-state index in [1.807, 2.05) is 0 Å². The van der Waals surface area contributed by atoms with Crippen LogP contribution in [0.15, 0.2) is 41.6 Å². The number of aromatic amines is 1. The van der Waals surface area contributed by atoms with Crippen molar-refractivity contribution < 1.29 is 5.11 Å². The third kappa shape index (κ3) is 1.37. The molecular formula is C10H8N2O2. The second-order valence-electron chi connectivity index (χ2n) is 2.81. The number of H-pyrrole nitrogens is 1. The second kappa shape index (κ2) is 3.33. The molecule has 0 fully saturated rings. The minimum absolute atomic E-state index is 0.0750. The molecule has 0 aliphatic rings. The summed E-state index contributed by atoms with van der Waals surface area (Å²) in [5.74, 6) is 0.0750. The Morgan fingerprint density at radius 3 is 2.71 bits per heavy atom. The summed E-state index contributed by atoms with van der Waals surface area (Å²) in [5, 5.41) is 9.51. The van der Waals surface area contributed by atoms with E-state index in [2.05, 4.69) is 9.97 Å². The molecule has 0 saturated carbocycles. The molecule has 1 aromatic carbocycles. The molecular weight excluding hydrogens is 180 g/mol. The van der Waals surface area contributed by atoms with E-state index in [0.717, 1.165) is 0 Å². The van der Waals surface area contributed by atoms with E-state index < -0.39 is 0 Å². The highest BCUT2D eigenvalue weighted by Gasteiger charge is 2.06. The van der Waals surface area contributed by atoms with Crippen molar-refractivity contribution in [2.75, 3.05) is 0 Å². The van der Waals surface area contributed by atoms with Gasteiger partial charge in [0.05, 0.1) is 11.9 Å². The topological polar surface area (TPSA) is 66.0 Å². The van der Waals surface area contributed by atoms with E-state index in [-0.39, 0.29) is 11.3 Å². The lowest BCUT2D eigenvalue weighted by molar-refractivity contribution is 0.477. The summed E-state index contributed by atoms with van der Waals surface area (Å²) >= 11 is 0. The van der Waals surface area contributed by atoms with Crippen molar-refractivity contribution in [3.63, 3.8) is 0 Å². The molecule has 4 heteroatoms. The number of para-hydroxylation sites is 1. The highest BCUT2D eigenvalue weighted by molar-refractivity contribution is 5.68. The summed E-state index contributed by atoms with van der Waals surface area (Å²) < 4.78 is 0. The molecule has 14 heavy (non-hydrogen) atoms. The first kappa shape index (κ1) is 8.50. The Morgan fingerprint density at radius 1 is 1.21 bits per heavy atom. The fourth-order valence-corrected chi connectivity index (χ4v) is 1.24. The number of hydrogen-bond acceptors (Lipinski definition) is 3. The number of aromatic hydroxyl groups is 1. The van der Waals surface area contributed by atoms with Gasteiger partial charge in [-0.3, -0.25) is 4.79 Å². The highest BCUT2D eigenvalue weighted by atomic mass is 16.3. The molecule has 0 saturated heterocycles. The molecule has 2 rings (SSSR count). The number of phenolic OH excluding ortho intramolecular Hbond substituents is 1. The van der Waals surface area contributed by atoms with Crippen LogP contribution in [0, 0.1) is 0 Å². The van der Waals surface area contributed by atoms with Gasteiger partial charge in [0.15, 0.2) is 0 Å². The summed E-state index contributed by atoms with van der Waals surface area (Å²) in [7, 11) is 0. The van der Waals surface area contributed by atoms with Gasteiger partial charge in [-0.2, -0.15) is 0 Å². The van der Waals surface area contributed by atoms with Crippen LogP contribution in [0.25, 0.3) is 11.1 Å². The Morgan fingerprint density at radius 2 is 2.00 bits per heavy atom. The Hall–Kier alpha value is -2.10. The average molecular weight is 188 g/mol. The molecule has 0 spiro atoms. The number of nitrogens with zero attached hydrogens (tertiary/aromatic N) is 1. The molecule has 0 atom stereocenters. The first-order chi connectivity index (χ1) is 6.79. The van der Waals surface area contributed by atoms with Crippen molar-refractivity contribution in [3.05, 3.63) is 47.1 Å². The van der Waals surface area contributed by atoms with Crippen molar-refractivity contribution >= 4 is 0 Å². The van der Waals surface area contributed by atoms with Crippen LogP contribution >= 0.6 is 0 Å². The fourth-order valence-electron chi connectivity index (χ4n) is 1.24. The lowest BCUT2D eigenvalue weighted by Gasteiger charge is -2.01. The van der Waals surface area contributed by atoms with E-state index in [0.29, 0.717) is 11.1 Å². The third-order valence-corrected chi connectivity index (χ3v) is 1.91. The Labute approximate surface area is 79.9 Å². The summed E-state index contributed by atoms with van der Waals surface area (Å²) in [4.78, 5) is 17.6. The smallest absolute Gasteiger partial charge is 0.258 e. The minimum atomic E-state index is -0.262. The summed E-state index contributed by atoms with van der Waals surface area (Å²) in [6.07, 6.45) is 2.74. The van der Waals surface area contributed by atoms with Gasteiger partial charge in [0.1, 0.15) is 5.75 Å². The third-order valence-electron chi connectivity index (χ3n) is 1.91. The van der Waals surface area contributed by atoms with Gasteiger partial charge in [0.2, 0.25) is 0 Å². The molecule has 4 nitrogen and oxygen atoms in total. The van der Waals surface area contributed by atoms with Crippen LogP contribution in [-0.4, -0.2) is 15.1 Å². The number of nitrogens with one attached hydrogen (secondary N) is 1. The van der Waals surface area contributed by atoms with Crippen LogP contribution in [0.3, 0.4) is 0 Å². The molecule has 70 valence electrons. The van der Waals surface area contributed by atoms with E-state index in [1.165, 1.54) is 18.6 Å². The summed E-state index contributed by atoms with van der Waals surface area (Å²) in [6.45, 7) is 0. The molecule has 1 aromatic heterocycles. The number of aromatic nitrogens is 2. The van der Waals surface area contributed by atoms with E-state index in [4.69, 9.17) is 0 Å². The molecule has 0 aliphatic carbocycles. The van der Waals surface area contributed by atoms with Gasteiger partial charge in [-0.05, 0) is 6.07 Å². The van der Waals surface area contributed by atoms with Crippen molar-refractivity contribution in [2.45, 2.75) is 0 Å². The first-order valence-corrected chi connectivity index (χ1v) is 4.10. The molecule has 0 radical (unpaired) electrons. The SMILES string of the molecule is O=c1[nH]cncc1-c1ccccc1O. The second-order valence-corrected chi connectivity index (χ2v) is 2.81. The van der Waals surface area contributed by atoms with Crippen LogP contribution < -0.4 is 5.56 Å². The van der Waals surface area contributed by atoms with Crippen LogP contribution in [0.2, 0.25) is 0 Å². The van der Waals surface area contributed by atoms with Gasteiger partial charge in [-0.1, -0.05) is 18.2 Å². The fraction of sp³-hybridized carbons (Fsp3) is 0. The zero-order chi connectivity index (χ0) is 9.97. The molecule has 2 aromatic rings. The molecule has 2 N–H and O–H groups in total. The zero-order valence-electron chi connectivity index (χ0n) is 7.27. The lowest BCUT2D eigenvalue weighted by atomic mass is 10.1. The maximum absolute atomic E-state index is 11.4. The van der Waals surface area contributed by atoms with Crippen molar-refractivity contribution in [1.82, 2.24) is 9.97 Å². The maximum atomic E-state index is 11.4. The van der Waals surface area contributed by atoms with E-state index >= 15 is 0 Å². The van der Waals surface area contributed by atoms with Crippen LogP contribution in [-0.2, 0) is 0 Å². The highest BCUT2D eigenvalue weighted by Crippen LogP contribution is 2.24. The van der Waals surface area contributed by atoms with Crippen molar-refractivity contribution in [3.8, 4) is 16.9 Å². The molecule has 0 aliphatic heterocycles. The van der Waals surface area contributed by atoms with Gasteiger partial charge in [0, 0.05) is 11.8 Å². The normalized spacial score (nSPS) is 10.0. The lowest BCUT2D eigenvalue weighted by Crippen LogP contribution is -2.08. The first-order valence-electron chi connectivity index (χ1n) is 4.10. The van der Waals surface area contributed by atoms with Crippen molar-refractivity contribution in [1.29, 1.82) is 0 Å². The molecule has 0 amide bonds. The summed E-state index contributed by atoms with van der Waals surface area (Å²) in [5.41, 5.74) is 0.592. The largest absolute Gasteiger partial charge is 0.507 e. The van der Waals surface area contributed by atoms with E-state index in [1.54, 1.807) is 18.2 Å². The number of rotatable bonds is 1. The predicted octanol–water partition coefficient (Wildman–Crippen LogP) is 1.14. The van der Waals surface area contributed by atoms with Gasteiger partial charge in [-0.25, -0.2) is 4.98 Å². The average Bonchev–Trinajstić information content (AvgIpc) is 2.20.